The Morgan fingerprint density at radius 3 is 2.50 bits per heavy atom. The molecule has 0 bridgehead atoms. The minimum Gasteiger partial charge on any atom is -0.467 e. The van der Waals surface area contributed by atoms with Gasteiger partial charge in [-0.1, -0.05) is 50.6 Å². The molecule has 1 amide bonds. The van der Waals surface area contributed by atoms with Gasteiger partial charge in [-0.2, -0.15) is 0 Å². The average molecular weight is 351 g/mol. The van der Waals surface area contributed by atoms with E-state index in [9.17, 15) is 4.79 Å². The molecule has 0 radical (unpaired) electrons. The van der Waals surface area contributed by atoms with Gasteiger partial charge < -0.3 is 15.1 Å². The van der Waals surface area contributed by atoms with Crippen LogP contribution in [0.25, 0.3) is 0 Å². The summed E-state index contributed by atoms with van der Waals surface area (Å²) in [5, 5.41) is 0. The smallest absolute Gasteiger partial charge is 0.257 e. The second-order valence-electron chi connectivity index (χ2n) is 5.69. The molecule has 0 aliphatic rings. The fraction of sp³-hybridized carbons (Fsp3) is 0.421. The Labute approximate surface area is 150 Å². The second-order valence-corrected chi connectivity index (χ2v) is 5.69. The highest BCUT2D eigenvalue weighted by Gasteiger charge is 2.25. The maximum Gasteiger partial charge on any atom is 0.257 e. The minimum atomic E-state index is 0. The topological polar surface area (TPSA) is 59.5 Å². The lowest BCUT2D eigenvalue weighted by atomic mass is 10.0. The zero-order valence-corrected chi connectivity index (χ0v) is 15.2. The highest BCUT2D eigenvalue weighted by molar-refractivity contribution is 5.94. The summed E-state index contributed by atoms with van der Waals surface area (Å²) in [4.78, 5) is 14.9. The summed E-state index contributed by atoms with van der Waals surface area (Å²) in [6.07, 6.45) is 4.42. The molecular formula is C19H27ClN2O2. The van der Waals surface area contributed by atoms with E-state index < -0.39 is 0 Å². The minimum absolute atomic E-state index is 0. The van der Waals surface area contributed by atoms with Crippen LogP contribution in [0.15, 0.2) is 47.1 Å². The van der Waals surface area contributed by atoms with Crippen LogP contribution >= 0.6 is 12.4 Å². The molecule has 0 saturated heterocycles. The van der Waals surface area contributed by atoms with Gasteiger partial charge in [0.1, 0.15) is 12.0 Å². The van der Waals surface area contributed by atoms with Gasteiger partial charge in [0.05, 0.1) is 18.2 Å². The van der Waals surface area contributed by atoms with Crippen molar-refractivity contribution in [2.24, 2.45) is 5.73 Å². The number of unbranched alkanes of at least 4 members (excludes halogenated alkanes) is 1. The zero-order valence-electron chi connectivity index (χ0n) is 14.4. The van der Waals surface area contributed by atoms with Crippen LogP contribution in [0.1, 0.15) is 60.8 Å². The first kappa shape index (κ1) is 20.3. The van der Waals surface area contributed by atoms with Gasteiger partial charge in [-0.05, 0) is 24.5 Å². The summed E-state index contributed by atoms with van der Waals surface area (Å²) in [7, 11) is 0. The molecule has 132 valence electrons. The monoisotopic (exact) mass is 350 g/mol. The van der Waals surface area contributed by atoms with Gasteiger partial charge in [0.15, 0.2) is 0 Å². The van der Waals surface area contributed by atoms with Crippen molar-refractivity contribution >= 4 is 18.3 Å². The van der Waals surface area contributed by atoms with E-state index in [1.807, 2.05) is 23.1 Å². The number of amides is 1. The standard InChI is InChI=1S/C19H26N2O2.ClH/c1-3-5-11-21(18(4-2)15-9-7-6-8-10-15)19(22)16-12-17(13-20)23-14-16;/h6-10,12,14,18H,3-5,11,13,20H2,1-2H3;1H. The van der Waals surface area contributed by atoms with Gasteiger partial charge >= 0.3 is 0 Å². The normalized spacial score (nSPS) is 11.6. The van der Waals surface area contributed by atoms with Gasteiger partial charge in [0.2, 0.25) is 0 Å². The quantitative estimate of drug-likeness (QED) is 0.759. The first-order valence-electron chi connectivity index (χ1n) is 8.34. The summed E-state index contributed by atoms with van der Waals surface area (Å²) in [5.41, 5.74) is 7.33. The third-order valence-corrected chi connectivity index (χ3v) is 4.06. The third-order valence-electron chi connectivity index (χ3n) is 4.06. The number of carbonyl (C=O) groups excluding carboxylic acids is 1. The number of carbonyl (C=O) groups is 1. The molecule has 0 aliphatic heterocycles. The van der Waals surface area contributed by atoms with Crippen molar-refractivity contribution in [3.05, 3.63) is 59.5 Å². The van der Waals surface area contributed by atoms with Gasteiger partial charge in [0.25, 0.3) is 5.91 Å². The molecular weight excluding hydrogens is 324 g/mol. The third kappa shape index (κ3) is 4.86. The van der Waals surface area contributed by atoms with E-state index in [0.29, 0.717) is 17.9 Å². The van der Waals surface area contributed by atoms with Crippen LogP contribution in [0, 0.1) is 0 Å². The molecule has 0 fully saturated rings. The largest absolute Gasteiger partial charge is 0.467 e. The Kier molecular flexibility index (Phi) is 8.58. The maximum atomic E-state index is 13.0. The number of nitrogens with two attached hydrogens (primary N) is 1. The summed E-state index contributed by atoms with van der Waals surface area (Å²) < 4.78 is 5.34. The number of benzene rings is 1. The van der Waals surface area contributed by atoms with Crippen molar-refractivity contribution in [3.8, 4) is 0 Å². The number of hydrogen-bond acceptors (Lipinski definition) is 3. The Balaban J connectivity index is 0.00000288. The zero-order chi connectivity index (χ0) is 16.7. The van der Waals surface area contributed by atoms with Crippen LogP contribution in [-0.4, -0.2) is 17.4 Å². The maximum absolute atomic E-state index is 13.0. The number of furan rings is 1. The van der Waals surface area contributed by atoms with E-state index in [0.717, 1.165) is 25.8 Å². The van der Waals surface area contributed by atoms with Crippen LogP contribution in [0.4, 0.5) is 0 Å². The van der Waals surface area contributed by atoms with Crippen molar-refractivity contribution in [2.75, 3.05) is 6.54 Å². The molecule has 5 heteroatoms. The highest BCUT2D eigenvalue weighted by atomic mass is 35.5. The van der Waals surface area contributed by atoms with Crippen LogP contribution in [-0.2, 0) is 6.54 Å². The molecule has 1 aromatic carbocycles. The fourth-order valence-corrected chi connectivity index (χ4v) is 2.80. The van der Waals surface area contributed by atoms with Crippen LogP contribution in [0.5, 0.6) is 0 Å². The lowest BCUT2D eigenvalue weighted by molar-refractivity contribution is 0.0666. The van der Waals surface area contributed by atoms with E-state index >= 15 is 0 Å². The molecule has 1 unspecified atom stereocenters. The molecule has 1 atom stereocenters. The van der Waals surface area contributed by atoms with Crippen molar-refractivity contribution in [1.82, 2.24) is 4.90 Å². The molecule has 4 nitrogen and oxygen atoms in total. The fourth-order valence-electron chi connectivity index (χ4n) is 2.80. The molecule has 0 spiro atoms. The number of halogens is 1. The predicted molar refractivity (Wildman–Crippen MR) is 99.3 cm³/mol. The molecule has 0 saturated carbocycles. The lowest BCUT2D eigenvalue weighted by Gasteiger charge is -2.31. The van der Waals surface area contributed by atoms with E-state index in [1.54, 1.807) is 6.07 Å². The number of nitrogens with zero attached hydrogens (tertiary/aromatic N) is 1. The average Bonchev–Trinajstić information content (AvgIpc) is 3.08. The Hall–Kier alpha value is -1.78. The molecule has 0 aliphatic carbocycles. The summed E-state index contributed by atoms with van der Waals surface area (Å²) in [6, 6.07) is 12.0. The SMILES string of the molecule is CCCCN(C(=O)c1coc(CN)c1)C(CC)c1ccccc1.Cl. The molecule has 1 heterocycles. The Bertz CT molecular complexity index is 613. The first-order chi connectivity index (χ1) is 11.2. The molecule has 24 heavy (non-hydrogen) atoms. The molecule has 2 rings (SSSR count). The summed E-state index contributed by atoms with van der Waals surface area (Å²) in [5.74, 6) is 0.647. The molecule has 2 aromatic rings. The van der Waals surface area contributed by atoms with Crippen molar-refractivity contribution in [1.29, 1.82) is 0 Å². The van der Waals surface area contributed by atoms with Crippen LogP contribution in [0.3, 0.4) is 0 Å². The van der Waals surface area contributed by atoms with Gasteiger partial charge in [-0.15, -0.1) is 12.4 Å². The number of rotatable bonds is 8. The van der Waals surface area contributed by atoms with Crippen molar-refractivity contribution < 1.29 is 9.21 Å². The van der Waals surface area contributed by atoms with Crippen molar-refractivity contribution in [2.45, 2.75) is 45.7 Å². The van der Waals surface area contributed by atoms with Gasteiger partial charge in [-0.3, -0.25) is 4.79 Å². The van der Waals surface area contributed by atoms with Crippen LogP contribution < -0.4 is 5.73 Å². The van der Waals surface area contributed by atoms with E-state index in [-0.39, 0.29) is 24.4 Å². The Morgan fingerprint density at radius 2 is 1.96 bits per heavy atom. The van der Waals surface area contributed by atoms with Crippen LogP contribution in [0.2, 0.25) is 0 Å². The first-order valence-corrected chi connectivity index (χ1v) is 8.34. The second kappa shape index (κ2) is 10.2. The number of hydrogen-bond donors (Lipinski definition) is 1. The lowest BCUT2D eigenvalue weighted by Crippen LogP contribution is -2.35. The molecule has 1 aromatic heterocycles. The molecule has 2 N–H and O–H groups in total. The Morgan fingerprint density at radius 1 is 1.25 bits per heavy atom. The van der Waals surface area contributed by atoms with Gasteiger partial charge in [-0.25, -0.2) is 0 Å². The summed E-state index contributed by atoms with van der Waals surface area (Å²) >= 11 is 0. The summed E-state index contributed by atoms with van der Waals surface area (Å²) in [6.45, 7) is 5.30. The van der Waals surface area contributed by atoms with E-state index in [2.05, 4.69) is 26.0 Å². The van der Waals surface area contributed by atoms with E-state index in [1.165, 1.54) is 11.8 Å². The van der Waals surface area contributed by atoms with Crippen molar-refractivity contribution in [3.63, 3.8) is 0 Å². The highest BCUT2D eigenvalue weighted by Crippen LogP contribution is 2.27. The predicted octanol–water partition coefficient (Wildman–Crippen LogP) is 4.55. The van der Waals surface area contributed by atoms with E-state index in [4.69, 9.17) is 10.2 Å². The van der Waals surface area contributed by atoms with Gasteiger partial charge in [0, 0.05) is 6.54 Å².